The van der Waals surface area contributed by atoms with Gasteiger partial charge in [0.15, 0.2) is 0 Å². The van der Waals surface area contributed by atoms with Crippen LogP contribution in [-0.2, 0) is 5.41 Å². The van der Waals surface area contributed by atoms with Crippen molar-refractivity contribution < 1.29 is 0 Å². The topological polar surface area (TPSA) is 28.7 Å². The number of nitrogens with one attached hydrogen (secondary N) is 1. The second kappa shape index (κ2) is 5.87. The standard InChI is InChI=1S/C14H13Br2ClN2S/c1-14(2,3)11-10(16)13(20)19-12(18-11)7-4-5-9(17)8(15)6-7/h4-6H,1-3H3,(H,18,19,20). The van der Waals surface area contributed by atoms with E-state index in [1.807, 2.05) is 18.2 Å². The normalized spacial score (nSPS) is 11.7. The number of rotatable bonds is 1. The molecule has 0 bridgehead atoms. The van der Waals surface area contributed by atoms with Crippen molar-refractivity contribution in [1.29, 1.82) is 0 Å². The highest BCUT2D eigenvalue weighted by atomic mass is 79.9. The van der Waals surface area contributed by atoms with Crippen LogP contribution in [0.2, 0.25) is 5.02 Å². The molecule has 6 heteroatoms. The van der Waals surface area contributed by atoms with Crippen molar-refractivity contribution in [3.05, 3.63) is 42.5 Å². The fraction of sp³-hybridized carbons (Fsp3) is 0.286. The molecule has 2 aromatic rings. The molecule has 1 aromatic carbocycles. The summed E-state index contributed by atoms with van der Waals surface area (Å²) in [5.41, 5.74) is 1.90. The molecule has 1 N–H and O–H groups in total. The van der Waals surface area contributed by atoms with Gasteiger partial charge in [0.1, 0.15) is 10.5 Å². The molecule has 0 saturated carbocycles. The summed E-state index contributed by atoms with van der Waals surface area (Å²) in [6.45, 7) is 6.37. The van der Waals surface area contributed by atoms with E-state index in [0.29, 0.717) is 9.66 Å². The molecule has 0 atom stereocenters. The second-order valence-corrected chi connectivity index (χ2v) is 7.90. The lowest BCUT2D eigenvalue weighted by molar-refractivity contribution is 0.563. The predicted molar refractivity (Wildman–Crippen MR) is 94.0 cm³/mol. The molecule has 0 radical (unpaired) electrons. The maximum atomic E-state index is 6.02. The van der Waals surface area contributed by atoms with Crippen molar-refractivity contribution in [2.45, 2.75) is 26.2 Å². The third-order valence-electron chi connectivity index (χ3n) is 2.81. The third kappa shape index (κ3) is 3.32. The molecule has 0 spiro atoms. The van der Waals surface area contributed by atoms with Crippen molar-refractivity contribution in [1.82, 2.24) is 9.97 Å². The van der Waals surface area contributed by atoms with Crippen LogP contribution in [0.25, 0.3) is 11.4 Å². The Morgan fingerprint density at radius 3 is 2.45 bits per heavy atom. The average Bonchev–Trinajstić information content (AvgIpc) is 2.34. The van der Waals surface area contributed by atoms with Crippen LogP contribution in [0.15, 0.2) is 27.1 Å². The average molecular weight is 437 g/mol. The molecule has 1 aromatic heterocycles. The Labute approximate surface area is 145 Å². The van der Waals surface area contributed by atoms with Crippen molar-refractivity contribution in [3.63, 3.8) is 0 Å². The SMILES string of the molecule is CC(C)(C)c1[nH]c(-c2ccc(Cl)c(Br)c2)nc(=S)c1Br. The van der Waals surface area contributed by atoms with Crippen LogP contribution in [0.1, 0.15) is 26.5 Å². The summed E-state index contributed by atoms with van der Waals surface area (Å²) in [6.07, 6.45) is 0. The van der Waals surface area contributed by atoms with Gasteiger partial charge in [-0.05, 0) is 50.1 Å². The predicted octanol–water partition coefficient (Wildman–Crippen LogP) is 6.28. The van der Waals surface area contributed by atoms with Crippen LogP contribution in [0, 0.1) is 4.64 Å². The first kappa shape index (κ1) is 16.1. The van der Waals surface area contributed by atoms with Crippen LogP contribution >= 0.6 is 55.7 Å². The summed E-state index contributed by atoms with van der Waals surface area (Å²) in [7, 11) is 0. The van der Waals surface area contributed by atoms with E-state index in [2.05, 4.69) is 62.6 Å². The summed E-state index contributed by atoms with van der Waals surface area (Å²) in [5, 5.41) is 0.667. The highest BCUT2D eigenvalue weighted by molar-refractivity contribution is 9.10. The Bertz CT molecular complexity index is 720. The van der Waals surface area contributed by atoms with Gasteiger partial charge in [-0.15, -0.1) is 0 Å². The number of halogens is 3. The largest absolute Gasteiger partial charge is 0.342 e. The maximum Gasteiger partial charge on any atom is 0.144 e. The van der Waals surface area contributed by atoms with Gasteiger partial charge in [0.25, 0.3) is 0 Å². The first-order valence-corrected chi connectivity index (χ1v) is 8.33. The van der Waals surface area contributed by atoms with Gasteiger partial charge in [-0.25, -0.2) is 4.98 Å². The zero-order valence-electron chi connectivity index (χ0n) is 11.2. The minimum atomic E-state index is -0.0618. The lowest BCUT2D eigenvalue weighted by atomic mass is 9.92. The van der Waals surface area contributed by atoms with Gasteiger partial charge in [0.05, 0.1) is 9.50 Å². The molecule has 0 amide bonds. The van der Waals surface area contributed by atoms with Gasteiger partial charge in [0.2, 0.25) is 0 Å². The van der Waals surface area contributed by atoms with Crippen molar-refractivity contribution in [2.75, 3.05) is 0 Å². The minimum absolute atomic E-state index is 0.0618. The highest BCUT2D eigenvalue weighted by Crippen LogP contribution is 2.32. The zero-order chi connectivity index (χ0) is 15.1. The zero-order valence-corrected chi connectivity index (χ0v) is 16.0. The van der Waals surface area contributed by atoms with E-state index in [4.69, 9.17) is 23.8 Å². The van der Waals surface area contributed by atoms with Gasteiger partial charge >= 0.3 is 0 Å². The van der Waals surface area contributed by atoms with E-state index in [-0.39, 0.29) is 5.41 Å². The third-order valence-corrected chi connectivity index (χ3v) is 5.35. The molecule has 0 aliphatic heterocycles. The fourth-order valence-electron chi connectivity index (χ4n) is 1.76. The second-order valence-electron chi connectivity index (χ2n) is 5.46. The number of aromatic nitrogens is 2. The molecular weight excluding hydrogens is 423 g/mol. The number of hydrogen-bond donors (Lipinski definition) is 1. The van der Waals surface area contributed by atoms with Crippen LogP contribution in [0.4, 0.5) is 0 Å². The van der Waals surface area contributed by atoms with Gasteiger partial charge in [-0.3, -0.25) is 0 Å². The van der Waals surface area contributed by atoms with Gasteiger partial charge in [-0.1, -0.05) is 44.6 Å². The van der Waals surface area contributed by atoms with E-state index in [1.54, 1.807) is 0 Å². The van der Waals surface area contributed by atoms with Crippen LogP contribution < -0.4 is 0 Å². The Morgan fingerprint density at radius 2 is 1.90 bits per heavy atom. The monoisotopic (exact) mass is 434 g/mol. The molecule has 0 unspecified atom stereocenters. The molecule has 2 rings (SSSR count). The first-order chi connectivity index (χ1) is 9.20. The quantitative estimate of drug-likeness (QED) is 0.533. The molecule has 0 saturated heterocycles. The highest BCUT2D eigenvalue weighted by Gasteiger charge is 2.20. The summed E-state index contributed by atoms with van der Waals surface area (Å²) >= 11 is 18.3. The Hall–Kier alpha value is -0.230. The Balaban J connectivity index is 2.67. The molecular formula is C14H13Br2ClN2S. The van der Waals surface area contributed by atoms with E-state index in [1.165, 1.54) is 0 Å². The smallest absolute Gasteiger partial charge is 0.144 e. The summed E-state index contributed by atoms with van der Waals surface area (Å²) in [5.74, 6) is 0.737. The summed E-state index contributed by atoms with van der Waals surface area (Å²) in [6, 6.07) is 5.68. The molecule has 1 heterocycles. The Morgan fingerprint density at radius 1 is 1.25 bits per heavy atom. The van der Waals surface area contributed by atoms with Crippen molar-refractivity contribution in [3.8, 4) is 11.4 Å². The van der Waals surface area contributed by atoms with Gasteiger partial charge in [0, 0.05) is 21.1 Å². The number of benzene rings is 1. The molecule has 20 heavy (non-hydrogen) atoms. The summed E-state index contributed by atoms with van der Waals surface area (Å²) < 4.78 is 2.23. The van der Waals surface area contributed by atoms with Gasteiger partial charge < -0.3 is 4.98 Å². The molecule has 0 aliphatic rings. The number of nitrogens with zero attached hydrogens (tertiary/aromatic N) is 1. The lowest BCUT2D eigenvalue weighted by Crippen LogP contribution is -2.16. The van der Waals surface area contributed by atoms with Crippen LogP contribution in [0.3, 0.4) is 0 Å². The van der Waals surface area contributed by atoms with E-state index >= 15 is 0 Å². The lowest BCUT2D eigenvalue weighted by Gasteiger charge is -2.21. The number of aromatic amines is 1. The molecule has 0 fully saturated rings. The maximum absolute atomic E-state index is 6.02. The summed E-state index contributed by atoms with van der Waals surface area (Å²) in [4.78, 5) is 7.80. The fourth-order valence-corrected chi connectivity index (χ4v) is 3.23. The molecule has 106 valence electrons. The Kier molecular flexibility index (Phi) is 4.74. The van der Waals surface area contributed by atoms with E-state index < -0.39 is 0 Å². The molecule has 0 aliphatic carbocycles. The van der Waals surface area contributed by atoms with E-state index in [0.717, 1.165) is 26.0 Å². The van der Waals surface area contributed by atoms with Crippen molar-refractivity contribution in [2.24, 2.45) is 0 Å². The van der Waals surface area contributed by atoms with E-state index in [9.17, 15) is 0 Å². The minimum Gasteiger partial charge on any atom is -0.342 e. The van der Waals surface area contributed by atoms with Gasteiger partial charge in [-0.2, -0.15) is 0 Å². The molecule has 2 nitrogen and oxygen atoms in total. The number of H-pyrrole nitrogens is 1. The van der Waals surface area contributed by atoms with Crippen LogP contribution in [0.5, 0.6) is 0 Å². The number of hydrogen-bond acceptors (Lipinski definition) is 2. The van der Waals surface area contributed by atoms with Crippen LogP contribution in [-0.4, -0.2) is 9.97 Å². The first-order valence-electron chi connectivity index (χ1n) is 5.96. The van der Waals surface area contributed by atoms with Crippen molar-refractivity contribution >= 4 is 55.7 Å².